The minimum Gasteiger partial charge on any atom is -0.423 e. The van der Waals surface area contributed by atoms with Crippen LogP contribution in [0.3, 0.4) is 0 Å². The van der Waals surface area contributed by atoms with Crippen molar-refractivity contribution in [2.24, 2.45) is 0 Å². The number of ether oxygens (including phenoxy) is 2. The van der Waals surface area contributed by atoms with Crippen molar-refractivity contribution >= 4 is 43.8 Å². The molecule has 0 aliphatic heterocycles. The summed E-state index contributed by atoms with van der Waals surface area (Å²) < 4.78 is 11.5. The summed E-state index contributed by atoms with van der Waals surface area (Å²) in [4.78, 5) is 24.7. The Hall–Kier alpha value is -2.44. The molecule has 0 heterocycles. The summed E-state index contributed by atoms with van der Waals surface area (Å²) in [6.07, 6.45) is 0. The second kappa shape index (κ2) is 8.29. The van der Waals surface area contributed by atoms with Crippen molar-refractivity contribution in [3.05, 3.63) is 92.9 Å². The maximum Gasteiger partial charge on any atom is 0.344 e. The first-order valence-electron chi connectivity index (χ1n) is 7.58. The molecule has 0 saturated heterocycles. The topological polar surface area (TPSA) is 52.6 Å². The van der Waals surface area contributed by atoms with Crippen molar-refractivity contribution in [2.75, 3.05) is 0 Å². The highest BCUT2D eigenvalue weighted by Crippen LogP contribution is 2.32. The number of hydrogen-bond acceptors (Lipinski definition) is 4. The Balaban J connectivity index is 1.82. The predicted octanol–water partition coefficient (Wildman–Crippen LogP) is 5.65. The third-order valence-corrected chi connectivity index (χ3v) is 5.61. The highest BCUT2D eigenvalue weighted by atomic mass is 79.9. The lowest BCUT2D eigenvalue weighted by Crippen LogP contribution is -2.13. The summed E-state index contributed by atoms with van der Waals surface area (Å²) >= 11 is 6.69. The van der Waals surface area contributed by atoms with Crippen LogP contribution in [0.5, 0.6) is 11.5 Å². The SMILES string of the molecule is O=C(Oc1ccccc1)c1ccc(C(=O)Oc2ccccc2)c(Br)c1Br. The molecule has 4 nitrogen and oxygen atoms in total. The van der Waals surface area contributed by atoms with Crippen LogP contribution in [0.2, 0.25) is 0 Å². The summed E-state index contributed by atoms with van der Waals surface area (Å²) in [5, 5.41) is 0. The fourth-order valence-corrected chi connectivity index (χ4v) is 3.18. The van der Waals surface area contributed by atoms with Crippen molar-refractivity contribution in [1.29, 1.82) is 0 Å². The molecule has 3 rings (SSSR count). The zero-order valence-electron chi connectivity index (χ0n) is 13.3. The van der Waals surface area contributed by atoms with E-state index in [2.05, 4.69) is 31.9 Å². The molecule has 26 heavy (non-hydrogen) atoms. The molecule has 0 aromatic heterocycles. The Labute approximate surface area is 167 Å². The summed E-state index contributed by atoms with van der Waals surface area (Å²) in [5.41, 5.74) is 0.578. The molecule has 0 saturated carbocycles. The Morgan fingerprint density at radius 3 is 1.27 bits per heavy atom. The van der Waals surface area contributed by atoms with Gasteiger partial charge in [-0.25, -0.2) is 9.59 Å². The average molecular weight is 476 g/mol. The first-order chi connectivity index (χ1) is 12.6. The van der Waals surface area contributed by atoms with Crippen LogP contribution < -0.4 is 9.47 Å². The molecule has 0 fully saturated rings. The van der Waals surface area contributed by atoms with Crippen molar-refractivity contribution in [2.45, 2.75) is 0 Å². The maximum absolute atomic E-state index is 12.4. The zero-order valence-corrected chi connectivity index (χ0v) is 16.5. The van der Waals surface area contributed by atoms with E-state index in [-0.39, 0.29) is 11.1 Å². The third-order valence-electron chi connectivity index (χ3n) is 3.43. The normalized spacial score (nSPS) is 10.2. The van der Waals surface area contributed by atoms with Gasteiger partial charge in [-0.1, -0.05) is 36.4 Å². The molecule has 0 aliphatic carbocycles. The zero-order chi connectivity index (χ0) is 18.5. The summed E-state index contributed by atoms with van der Waals surface area (Å²) in [6, 6.07) is 20.5. The van der Waals surface area contributed by atoms with Gasteiger partial charge in [-0.2, -0.15) is 0 Å². The maximum atomic E-state index is 12.4. The molecule has 3 aromatic carbocycles. The first kappa shape index (κ1) is 18.4. The lowest BCUT2D eigenvalue weighted by molar-refractivity contribution is 0.0719. The highest BCUT2D eigenvalue weighted by molar-refractivity contribution is 9.13. The van der Waals surface area contributed by atoms with Gasteiger partial charge in [0.15, 0.2) is 0 Å². The summed E-state index contributed by atoms with van der Waals surface area (Å²) in [6.45, 7) is 0. The van der Waals surface area contributed by atoms with Crippen molar-refractivity contribution in [3.8, 4) is 11.5 Å². The Bertz CT molecular complexity index is 862. The molecule has 0 N–H and O–H groups in total. The van der Waals surface area contributed by atoms with E-state index in [1.165, 1.54) is 12.1 Å². The van der Waals surface area contributed by atoms with Crippen molar-refractivity contribution in [1.82, 2.24) is 0 Å². The van der Waals surface area contributed by atoms with Gasteiger partial charge >= 0.3 is 11.9 Å². The van der Waals surface area contributed by atoms with E-state index in [0.717, 1.165) is 0 Å². The van der Waals surface area contributed by atoms with Gasteiger partial charge in [0.05, 0.1) is 11.1 Å². The highest BCUT2D eigenvalue weighted by Gasteiger charge is 2.21. The van der Waals surface area contributed by atoms with Gasteiger partial charge in [0.1, 0.15) is 11.5 Å². The molecular weight excluding hydrogens is 464 g/mol. The summed E-state index contributed by atoms with van der Waals surface area (Å²) in [5.74, 6) is -0.195. The molecule has 3 aromatic rings. The first-order valence-corrected chi connectivity index (χ1v) is 9.17. The number of esters is 2. The van der Waals surface area contributed by atoms with Crippen LogP contribution in [-0.4, -0.2) is 11.9 Å². The monoisotopic (exact) mass is 474 g/mol. The molecule has 0 amide bonds. The number of para-hydroxylation sites is 2. The number of halogens is 2. The van der Waals surface area contributed by atoms with E-state index in [1.54, 1.807) is 48.5 Å². The van der Waals surface area contributed by atoms with Crippen LogP contribution in [0.15, 0.2) is 81.7 Å². The number of hydrogen-bond donors (Lipinski definition) is 0. The van der Waals surface area contributed by atoms with Gasteiger partial charge < -0.3 is 9.47 Å². The van der Waals surface area contributed by atoms with Crippen LogP contribution in [0.4, 0.5) is 0 Å². The predicted molar refractivity (Wildman–Crippen MR) is 105 cm³/mol. The largest absolute Gasteiger partial charge is 0.423 e. The molecule has 130 valence electrons. The lowest BCUT2D eigenvalue weighted by Gasteiger charge is -2.11. The molecular formula is C20H12Br2O4. The standard InChI is InChI=1S/C20H12Br2O4/c21-17-15(19(23)25-13-7-3-1-4-8-13)11-12-16(18(17)22)20(24)26-14-9-5-2-6-10-14/h1-12H. The number of carbonyl (C=O) groups excluding carboxylic acids is 2. The molecule has 0 bridgehead atoms. The Morgan fingerprint density at radius 2 is 0.923 bits per heavy atom. The smallest absolute Gasteiger partial charge is 0.344 e. The summed E-state index contributed by atoms with van der Waals surface area (Å²) in [7, 11) is 0. The van der Waals surface area contributed by atoms with Crippen LogP contribution in [0, 0.1) is 0 Å². The molecule has 0 unspecified atom stereocenters. The average Bonchev–Trinajstić information content (AvgIpc) is 2.65. The van der Waals surface area contributed by atoms with Crippen LogP contribution >= 0.6 is 31.9 Å². The van der Waals surface area contributed by atoms with E-state index in [4.69, 9.17) is 9.47 Å². The third kappa shape index (κ3) is 4.20. The number of benzene rings is 3. The Morgan fingerprint density at radius 1 is 0.577 bits per heavy atom. The van der Waals surface area contributed by atoms with Crippen molar-refractivity contribution < 1.29 is 19.1 Å². The van der Waals surface area contributed by atoms with Gasteiger partial charge in [-0.15, -0.1) is 0 Å². The van der Waals surface area contributed by atoms with Crippen LogP contribution in [0.25, 0.3) is 0 Å². The van der Waals surface area contributed by atoms with E-state index < -0.39 is 11.9 Å². The quantitative estimate of drug-likeness (QED) is 0.361. The number of carbonyl (C=O) groups is 2. The fraction of sp³-hybridized carbons (Fsp3) is 0. The molecule has 0 spiro atoms. The van der Waals surface area contributed by atoms with Gasteiger partial charge in [0.25, 0.3) is 0 Å². The molecule has 0 atom stereocenters. The number of rotatable bonds is 4. The minimum absolute atomic E-state index is 0.289. The minimum atomic E-state index is -0.535. The van der Waals surface area contributed by atoms with E-state index in [0.29, 0.717) is 20.4 Å². The van der Waals surface area contributed by atoms with E-state index in [1.807, 2.05) is 12.1 Å². The molecule has 0 radical (unpaired) electrons. The second-order valence-electron chi connectivity index (χ2n) is 5.19. The van der Waals surface area contributed by atoms with E-state index >= 15 is 0 Å². The second-order valence-corrected chi connectivity index (χ2v) is 6.78. The van der Waals surface area contributed by atoms with Gasteiger partial charge in [0, 0.05) is 8.95 Å². The van der Waals surface area contributed by atoms with Crippen molar-refractivity contribution in [3.63, 3.8) is 0 Å². The van der Waals surface area contributed by atoms with Gasteiger partial charge in [0.2, 0.25) is 0 Å². The van der Waals surface area contributed by atoms with Crippen LogP contribution in [0.1, 0.15) is 20.7 Å². The van der Waals surface area contributed by atoms with Gasteiger partial charge in [-0.3, -0.25) is 0 Å². The Kier molecular flexibility index (Phi) is 5.85. The van der Waals surface area contributed by atoms with Gasteiger partial charge in [-0.05, 0) is 68.3 Å². The fourth-order valence-electron chi connectivity index (χ4n) is 2.17. The lowest BCUT2D eigenvalue weighted by atomic mass is 10.1. The molecule has 6 heteroatoms. The van der Waals surface area contributed by atoms with E-state index in [9.17, 15) is 9.59 Å². The van der Waals surface area contributed by atoms with Crippen LogP contribution in [-0.2, 0) is 0 Å². The molecule has 0 aliphatic rings.